The van der Waals surface area contributed by atoms with Crippen LogP contribution in [0.4, 0.5) is 5.82 Å². The maximum Gasteiger partial charge on any atom is 0.239 e. The second-order valence-corrected chi connectivity index (χ2v) is 7.54. The number of likely N-dealkylation sites (N-methyl/N-ethyl adjacent to an activating group) is 1. The zero-order valence-corrected chi connectivity index (χ0v) is 16.5. The Morgan fingerprint density at radius 2 is 2.04 bits per heavy atom. The number of carbonyl (C=O) groups excluding carboxylic acids is 1. The first-order valence-electron chi connectivity index (χ1n) is 9.47. The fourth-order valence-corrected chi connectivity index (χ4v) is 3.64. The van der Waals surface area contributed by atoms with Crippen molar-refractivity contribution in [3.63, 3.8) is 0 Å². The molecule has 28 heavy (non-hydrogen) atoms. The third-order valence-corrected chi connectivity index (χ3v) is 5.21. The van der Waals surface area contributed by atoms with Crippen molar-refractivity contribution in [2.24, 2.45) is 7.05 Å². The standard InChI is InChI=1S/C20H25N7O/c1-14-11-25(2)6-7-27(14)13-20(28)22-19-9-16-8-15(4-5-18(16)23-24-19)17-10-21-26(3)12-17/h4-5,8-10,12,14H,6-7,11,13H2,1-3H3,(H,22,24,28). The molecule has 1 fully saturated rings. The van der Waals surface area contributed by atoms with Gasteiger partial charge >= 0.3 is 0 Å². The van der Waals surface area contributed by atoms with Crippen molar-refractivity contribution in [2.45, 2.75) is 13.0 Å². The van der Waals surface area contributed by atoms with Gasteiger partial charge in [0.25, 0.3) is 0 Å². The Morgan fingerprint density at radius 3 is 2.79 bits per heavy atom. The van der Waals surface area contributed by atoms with Crippen LogP contribution in [0, 0.1) is 0 Å². The fourth-order valence-electron chi connectivity index (χ4n) is 3.64. The Labute approximate surface area is 164 Å². The predicted molar refractivity (Wildman–Crippen MR) is 109 cm³/mol. The number of hydrogen-bond donors (Lipinski definition) is 1. The van der Waals surface area contributed by atoms with Gasteiger partial charge in [0.15, 0.2) is 5.82 Å². The molecule has 1 N–H and O–H groups in total. The molecule has 1 aliphatic rings. The number of aromatic nitrogens is 4. The molecule has 4 rings (SSSR count). The van der Waals surface area contributed by atoms with Gasteiger partial charge in [0.05, 0.1) is 18.3 Å². The van der Waals surface area contributed by atoms with Gasteiger partial charge in [-0.1, -0.05) is 6.07 Å². The van der Waals surface area contributed by atoms with Crippen molar-refractivity contribution < 1.29 is 4.79 Å². The van der Waals surface area contributed by atoms with E-state index >= 15 is 0 Å². The molecule has 146 valence electrons. The van der Waals surface area contributed by atoms with Crippen molar-refractivity contribution in [1.29, 1.82) is 0 Å². The normalized spacial score (nSPS) is 18.5. The Morgan fingerprint density at radius 1 is 1.18 bits per heavy atom. The van der Waals surface area contributed by atoms with Crippen LogP contribution < -0.4 is 5.32 Å². The average Bonchev–Trinajstić information content (AvgIpc) is 3.10. The van der Waals surface area contributed by atoms with Crippen molar-refractivity contribution in [3.05, 3.63) is 36.7 Å². The Bertz CT molecular complexity index is 999. The smallest absolute Gasteiger partial charge is 0.239 e. The number of carbonyl (C=O) groups is 1. The number of amides is 1. The van der Waals surface area contributed by atoms with Gasteiger partial charge in [-0.2, -0.15) is 5.10 Å². The van der Waals surface area contributed by atoms with Crippen molar-refractivity contribution >= 4 is 22.6 Å². The number of piperazine rings is 1. The summed E-state index contributed by atoms with van der Waals surface area (Å²) >= 11 is 0. The molecule has 1 aromatic carbocycles. The Kier molecular flexibility index (Phi) is 5.06. The first kappa shape index (κ1) is 18.5. The summed E-state index contributed by atoms with van der Waals surface area (Å²) in [5, 5.41) is 16.4. The lowest BCUT2D eigenvalue weighted by Gasteiger charge is -2.37. The van der Waals surface area contributed by atoms with Crippen LogP contribution in [-0.4, -0.2) is 75.0 Å². The largest absolute Gasteiger partial charge is 0.308 e. The van der Waals surface area contributed by atoms with E-state index in [2.05, 4.69) is 44.4 Å². The highest BCUT2D eigenvalue weighted by Gasteiger charge is 2.23. The molecular formula is C20H25N7O. The number of fused-ring (bicyclic) bond motifs is 1. The third-order valence-electron chi connectivity index (χ3n) is 5.21. The molecule has 2 aromatic heterocycles. The van der Waals surface area contributed by atoms with Crippen LogP contribution in [0.25, 0.3) is 22.0 Å². The Balaban J connectivity index is 1.48. The van der Waals surface area contributed by atoms with E-state index in [0.29, 0.717) is 18.4 Å². The molecule has 8 heteroatoms. The minimum absolute atomic E-state index is 0.0616. The second-order valence-electron chi connectivity index (χ2n) is 7.54. The van der Waals surface area contributed by atoms with Gasteiger partial charge in [0, 0.05) is 49.9 Å². The molecule has 1 unspecified atom stereocenters. The molecule has 0 spiro atoms. The van der Waals surface area contributed by atoms with Crippen LogP contribution in [0.2, 0.25) is 0 Å². The van der Waals surface area contributed by atoms with Crippen LogP contribution in [0.1, 0.15) is 6.92 Å². The number of anilines is 1. The molecule has 3 heterocycles. The first-order chi connectivity index (χ1) is 13.5. The van der Waals surface area contributed by atoms with Gasteiger partial charge in [-0.15, -0.1) is 10.2 Å². The number of benzene rings is 1. The first-order valence-corrected chi connectivity index (χ1v) is 9.47. The summed E-state index contributed by atoms with van der Waals surface area (Å²) in [6.45, 7) is 5.36. The number of rotatable bonds is 4. The lowest BCUT2D eigenvalue weighted by atomic mass is 10.1. The summed E-state index contributed by atoms with van der Waals surface area (Å²) in [7, 11) is 4.00. The molecular weight excluding hydrogens is 354 g/mol. The second kappa shape index (κ2) is 7.65. The van der Waals surface area contributed by atoms with E-state index in [1.54, 1.807) is 4.68 Å². The van der Waals surface area contributed by atoms with E-state index in [4.69, 9.17) is 0 Å². The van der Waals surface area contributed by atoms with E-state index in [9.17, 15) is 4.79 Å². The van der Waals surface area contributed by atoms with E-state index in [1.165, 1.54) is 0 Å². The fraction of sp³-hybridized carbons (Fsp3) is 0.400. The van der Waals surface area contributed by atoms with Gasteiger partial charge < -0.3 is 10.2 Å². The predicted octanol–water partition coefficient (Wildman–Crippen LogP) is 1.60. The SMILES string of the molecule is CC1CN(C)CCN1CC(=O)Nc1cc2cc(-c3cnn(C)c3)ccc2nn1. The molecule has 8 nitrogen and oxygen atoms in total. The summed E-state index contributed by atoms with van der Waals surface area (Å²) < 4.78 is 1.77. The zero-order chi connectivity index (χ0) is 19.7. The molecule has 1 aliphatic heterocycles. The monoisotopic (exact) mass is 379 g/mol. The summed E-state index contributed by atoms with van der Waals surface area (Å²) in [5.41, 5.74) is 2.88. The number of nitrogens with zero attached hydrogens (tertiary/aromatic N) is 6. The molecule has 0 aliphatic carbocycles. The molecule has 3 aromatic rings. The average molecular weight is 379 g/mol. The van der Waals surface area contributed by atoms with Crippen molar-refractivity contribution in [2.75, 3.05) is 38.5 Å². The lowest BCUT2D eigenvalue weighted by Crippen LogP contribution is -2.52. The zero-order valence-electron chi connectivity index (χ0n) is 16.5. The van der Waals surface area contributed by atoms with Crippen LogP contribution in [0.3, 0.4) is 0 Å². The van der Waals surface area contributed by atoms with E-state index in [-0.39, 0.29) is 5.91 Å². The van der Waals surface area contributed by atoms with Crippen LogP contribution >= 0.6 is 0 Å². The topological polar surface area (TPSA) is 79.2 Å². The van der Waals surface area contributed by atoms with Gasteiger partial charge in [-0.25, -0.2) is 0 Å². The van der Waals surface area contributed by atoms with Crippen LogP contribution in [0.15, 0.2) is 36.7 Å². The van der Waals surface area contributed by atoms with Gasteiger partial charge in [0.2, 0.25) is 5.91 Å². The van der Waals surface area contributed by atoms with E-state index in [0.717, 1.165) is 41.7 Å². The summed E-state index contributed by atoms with van der Waals surface area (Å²) in [6, 6.07) is 8.20. The van der Waals surface area contributed by atoms with Gasteiger partial charge in [-0.05, 0) is 37.7 Å². The van der Waals surface area contributed by atoms with E-state index < -0.39 is 0 Å². The molecule has 1 amide bonds. The minimum Gasteiger partial charge on any atom is -0.308 e. The molecule has 1 atom stereocenters. The maximum absolute atomic E-state index is 12.5. The van der Waals surface area contributed by atoms with Crippen molar-refractivity contribution in [3.8, 4) is 11.1 Å². The summed E-state index contributed by atoms with van der Waals surface area (Å²) in [4.78, 5) is 17.0. The van der Waals surface area contributed by atoms with Gasteiger partial charge in [0.1, 0.15) is 0 Å². The van der Waals surface area contributed by atoms with Crippen LogP contribution in [0.5, 0.6) is 0 Å². The number of nitrogens with one attached hydrogen (secondary N) is 1. The Hall–Kier alpha value is -2.84. The quantitative estimate of drug-likeness (QED) is 0.742. The van der Waals surface area contributed by atoms with Crippen LogP contribution in [-0.2, 0) is 11.8 Å². The molecule has 0 saturated carbocycles. The van der Waals surface area contributed by atoms with Crippen molar-refractivity contribution in [1.82, 2.24) is 29.8 Å². The summed E-state index contributed by atoms with van der Waals surface area (Å²) in [6.07, 6.45) is 3.80. The highest BCUT2D eigenvalue weighted by molar-refractivity contribution is 5.93. The maximum atomic E-state index is 12.5. The highest BCUT2D eigenvalue weighted by atomic mass is 16.2. The lowest BCUT2D eigenvalue weighted by molar-refractivity contribution is -0.118. The number of aryl methyl sites for hydroxylation is 1. The third kappa shape index (κ3) is 4.02. The highest BCUT2D eigenvalue weighted by Crippen LogP contribution is 2.24. The molecule has 0 bridgehead atoms. The molecule has 0 radical (unpaired) electrons. The van der Waals surface area contributed by atoms with Gasteiger partial charge in [-0.3, -0.25) is 14.4 Å². The summed E-state index contributed by atoms with van der Waals surface area (Å²) in [5.74, 6) is 0.413. The molecule has 1 saturated heterocycles. The minimum atomic E-state index is -0.0616. The number of hydrogen-bond acceptors (Lipinski definition) is 6. The van der Waals surface area contributed by atoms with E-state index in [1.807, 2.05) is 43.7 Å².